The highest BCUT2D eigenvalue weighted by Crippen LogP contribution is 2.22. The van der Waals surface area contributed by atoms with Crippen LogP contribution in [0, 0.1) is 0 Å². The SMILES string of the molecule is CCNCC(O)Cc1c(Br)c(CC)nn1C. The van der Waals surface area contributed by atoms with Gasteiger partial charge in [0.05, 0.1) is 22.0 Å². The van der Waals surface area contributed by atoms with Gasteiger partial charge < -0.3 is 10.4 Å². The van der Waals surface area contributed by atoms with Crippen molar-refractivity contribution >= 4 is 15.9 Å². The van der Waals surface area contributed by atoms with Gasteiger partial charge in [-0.15, -0.1) is 0 Å². The van der Waals surface area contributed by atoms with Crippen molar-refractivity contribution < 1.29 is 5.11 Å². The number of aliphatic hydroxyl groups excluding tert-OH is 1. The Morgan fingerprint density at radius 1 is 1.50 bits per heavy atom. The first-order chi connectivity index (χ1) is 7.60. The number of halogens is 1. The largest absolute Gasteiger partial charge is 0.391 e. The molecule has 4 nitrogen and oxygen atoms in total. The Kier molecular flexibility index (Phi) is 5.44. The second kappa shape index (κ2) is 6.37. The van der Waals surface area contributed by atoms with E-state index in [9.17, 15) is 5.11 Å². The molecule has 0 amide bonds. The number of aromatic nitrogens is 2. The van der Waals surface area contributed by atoms with Gasteiger partial charge in [-0.05, 0) is 28.9 Å². The van der Waals surface area contributed by atoms with Crippen LogP contribution in [0.15, 0.2) is 4.47 Å². The lowest BCUT2D eigenvalue weighted by molar-refractivity contribution is 0.170. The summed E-state index contributed by atoms with van der Waals surface area (Å²) < 4.78 is 2.88. The second-order valence-electron chi connectivity index (χ2n) is 3.85. The van der Waals surface area contributed by atoms with E-state index in [0.29, 0.717) is 13.0 Å². The van der Waals surface area contributed by atoms with E-state index in [1.54, 1.807) is 0 Å². The van der Waals surface area contributed by atoms with Crippen LogP contribution in [0.2, 0.25) is 0 Å². The third-order valence-corrected chi connectivity index (χ3v) is 3.48. The Balaban J connectivity index is 2.69. The molecule has 16 heavy (non-hydrogen) atoms. The molecule has 1 aromatic heterocycles. The zero-order valence-corrected chi connectivity index (χ0v) is 11.7. The molecule has 1 atom stereocenters. The smallest absolute Gasteiger partial charge is 0.0766 e. The fraction of sp³-hybridized carbons (Fsp3) is 0.727. The summed E-state index contributed by atoms with van der Waals surface area (Å²) in [5.74, 6) is 0. The average molecular weight is 290 g/mol. The zero-order chi connectivity index (χ0) is 12.1. The van der Waals surface area contributed by atoms with Gasteiger partial charge in [-0.3, -0.25) is 4.68 Å². The van der Waals surface area contributed by atoms with Gasteiger partial charge in [0.2, 0.25) is 0 Å². The average Bonchev–Trinajstić information content (AvgIpc) is 2.53. The van der Waals surface area contributed by atoms with Crippen molar-refractivity contribution in [1.82, 2.24) is 15.1 Å². The predicted octanol–water partition coefficient (Wildman–Crippen LogP) is 1.26. The molecule has 0 radical (unpaired) electrons. The molecule has 0 saturated heterocycles. The molecule has 0 saturated carbocycles. The van der Waals surface area contributed by atoms with Gasteiger partial charge in [-0.2, -0.15) is 5.10 Å². The van der Waals surface area contributed by atoms with Gasteiger partial charge in [0.15, 0.2) is 0 Å². The molecule has 5 heteroatoms. The van der Waals surface area contributed by atoms with Gasteiger partial charge in [-0.25, -0.2) is 0 Å². The van der Waals surface area contributed by atoms with Gasteiger partial charge in [0.1, 0.15) is 0 Å². The van der Waals surface area contributed by atoms with Crippen molar-refractivity contribution in [2.45, 2.75) is 32.8 Å². The van der Waals surface area contributed by atoms with Gasteiger partial charge in [0, 0.05) is 20.0 Å². The topological polar surface area (TPSA) is 50.1 Å². The van der Waals surface area contributed by atoms with Crippen LogP contribution in [0.5, 0.6) is 0 Å². The molecule has 1 rings (SSSR count). The van der Waals surface area contributed by atoms with Crippen molar-refractivity contribution in [3.05, 3.63) is 15.9 Å². The first-order valence-electron chi connectivity index (χ1n) is 5.69. The van der Waals surface area contributed by atoms with Crippen molar-refractivity contribution in [1.29, 1.82) is 0 Å². The quantitative estimate of drug-likeness (QED) is 0.829. The highest BCUT2D eigenvalue weighted by molar-refractivity contribution is 9.10. The maximum Gasteiger partial charge on any atom is 0.0766 e. The van der Waals surface area contributed by atoms with Crippen molar-refractivity contribution in [3.63, 3.8) is 0 Å². The molecular weight excluding hydrogens is 270 g/mol. The molecule has 2 N–H and O–H groups in total. The molecular formula is C11H20BrN3O. The van der Waals surface area contributed by atoms with Gasteiger partial charge >= 0.3 is 0 Å². The van der Waals surface area contributed by atoms with Crippen LogP contribution in [0.1, 0.15) is 25.2 Å². The molecule has 0 aliphatic rings. The van der Waals surface area contributed by atoms with E-state index >= 15 is 0 Å². The first-order valence-corrected chi connectivity index (χ1v) is 6.48. The molecule has 0 aliphatic heterocycles. The van der Waals surface area contributed by atoms with E-state index in [-0.39, 0.29) is 6.10 Å². The maximum atomic E-state index is 9.84. The first kappa shape index (κ1) is 13.7. The van der Waals surface area contributed by atoms with Gasteiger partial charge in [0.25, 0.3) is 0 Å². The number of nitrogens with zero attached hydrogens (tertiary/aromatic N) is 2. The molecule has 0 spiro atoms. The van der Waals surface area contributed by atoms with Crippen molar-refractivity contribution in [2.75, 3.05) is 13.1 Å². The minimum atomic E-state index is -0.364. The molecule has 0 fully saturated rings. The third kappa shape index (κ3) is 3.30. The summed E-state index contributed by atoms with van der Waals surface area (Å²) >= 11 is 3.54. The van der Waals surface area contributed by atoms with E-state index in [4.69, 9.17) is 0 Å². The Morgan fingerprint density at radius 2 is 2.19 bits per heavy atom. The molecule has 1 aromatic rings. The standard InChI is InChI=1S/C11H20BrN3O/c1-4-9-11(12)10(15(3)14-9)6-8(16)7-13-5-2/h8,13,16H,4-7H2,1-3H3. The molecule has 0 bridgehead atoms. The number of likely N-dealkylation sites (N-methyl/N-ethyl adjacent to an activating group) is 1. The monoisotopic (exact) mass is 289 g/mol. The number of nitrogens with one attached hydrogen (secondary N) is 1. The summed E-state index contributed by atoms with van der Waals surface area (Å²) in [6.45, 7) is 5.60. The molecule has 1 heterocycles. The van der Waals surface area contributed by atoms with Crippen LogP contribution < -0.4 is 5.32 Å². The van der Waals surface area contributed by atoms with E-state index in [1.807, 2.05) is 18.7 Å². The molecule has 92 valence electrons. The fourth-order valence-electron chi connectivity index (χ4n) is 1.65. The highest BCUT2D eigenvalue weighted by atomic mass is 79.9. The maximum absolute atomic E-state index is 9.84. The number of aliphatic hydroxyl groups is 1. The summed E-state index contributed by atoms with van der Waals surface area (Å²) in [6.07, 6.45) is 1.16. The number of hydrogen-bond donors (Lipinski definition) is 2. The Hall–Kier alpha value is -0.390. The van der Waals surface area contributed by atoms with Gasteiger partial charge in [-0.1, -0.05) is 13.8 Å². The number of aryl methyl sites for hydroxylation is 2. The Bertz CT molecular complexity index is 338. The summed E-state index contributed by atoms with van der Waals surface area (Å²) in [4.78, 5) is 0. The summed E-state index contributed by atoms with van der Waals surface area (Å²) in [5.41, 5.74) is 2.11. The lowest BCUT2D eigenvalue weighted by Gasteiger charge is -2.11. The Morgan fingerprint density at radius 3 is 2.69 bits per heavy atom. The molecule has 1 unspecified atom stereocenters. The lowest BCUT2D eigenvalue weighted by Crippen LogP contribution is -2.28. The van der Waals surface area contributed by atoms with E-state index in [1.165, 1.54) is 0 Å². The van der Waals surface area contributed by atoms with Crippen molar-refractivity contribution in [2.24, 2.45) is 7.05 Å². The number of hydrogen-bond acceptors (Lipinski definition) is 3. The van der Waals surface area contributed by atoms with Crippen LogP contribution >= 0.6 is 15.9 Å². The number of rotatable bonds is 6. The van der Waals surface area contributed by atoms with Crippen LogP contribution in [0.25, 0.3) is 0 Å². The van der Waals surface area contributed by atoms with Crippen molar-refractivity contribution in [3.8, 4) is 0 Å². The minimum absolute atomic E-state index is 0.364. The zero-order valence-electron chi connectivity index (χ0n) is 10.1. The molecule has 0 aliphatic carbocycles. The molecule has 0 aromatic carbocycles. The van der Waals surface area contributed by atoms with Crippen LogP contribution in [-0.2, 0) is 19.9 Å². The van der Waals surface area contributed by atoms with E-state index in [2.05, 4.69) is 33.3 Å². The highest BCUT2D eigenvalue weighted by Gasteiger charge is 2.15. The van der Waals surface area contributed by atoms with E-state index in [0.717, 1.165) is 28.8 Å². The summed E-state index contributed by atoms with van der Waals surface area (Å²) in [5, 5.41) is 17.4. The van der Waals surface area contributed by atoms with Crippen LogP contribution in [-0.4, -0.2) is 34.1 Å². The second-order valence-corrected chi connectivity index (χ2v) is 4.64. The lowest BCUT2D eigenvalue weighted by atomic mass is 10.2. The van der Waals surface area contributed by atoms with E-state index < -0.39 is 0 Å². The normalized spacial score (nSPS) is 13.1. The fourth-order valence-corrected chi connectivity index (χ4v) is 2.43. The Labute approximate surface area is 105 Å². The predicted molar refractivity (Wildman–Crippen MR) is 68.5 cm³/mol. The summed E-state index contributed by atoms with van der Waals surface area (Å²) in [7, 11) is 1.92. The summed E-state index contributed by atoms with van der Waals surface area (Å²) in [6, 6.07) is 0. The van der Waals surface area contributed by atoms with Crippen LogP contribution in [0.3, 0.4) is 0 Å². The third-order valence-electron chi connectivity index (χ3n) is 2.56. The van der Waals surface area contributed by atoms with Crippen LogP contribution in [0.4, 0.5) is 0 Å². The minimum Gasteiger partial charge on any atom is -0.391 e.